The highest BCUT2D eigenvalue weighted by Gasteiger charge is 2.00. The fourth-order valence-electron chi connectivity index (χ4n) is 1.14. The average molecular weight is 224 g/mol. The van der Waals surface area contributed by atoms with Crippen LogP contribution in [0.1, 0.15) is 19.0 Å². The molecule has 2 N–H and O–H groups in total. The number of carbonyl (C=O) groups excluding carboxylic acids is 1. The van der Waals surface area contributed by atoms with Gasteiger partial charge in [0.1, 0.15) is 5.75 Å². The molecular weight excluding hydrogens is 208 g/mol. The van der Waals surface area contributed by atoms with Crippen molar-refractivity contribution in [3.8, 4) is 5.75 Å². The van der Waals surface area contributed by atoms with E-state index in [-0.39, 0.29) is 12.5 Å². The highest BCUT2D eigenvalue weighted by molar-refractivity contribution is 5.75. The molecule has 0 aliphatic rings. The molecule has 0 saturated heterocycles. The van der Waals surface area contributed by atoms with Crippen molar-refractivity contribution < 1.29 is 14.6 Å². The molecule has 5 nitrogen and oxygen atoms in total. The molecule has 5 heteroatoms. The van der Waals surface area contributed by atoms with Crippen molar-refractivity contribution in [2.45, 2.75) is 20.0 Å². The van der Waals surface area contributed by atoms with Crippen LogP contribution in [-0.4, -0.2) is 29.1 Å². The molecule has 1 aromatic rings. The lowest BCUT2D eigenvalue weighted by atomic mass is 10.3. The van der Waals surface area contributed by atoms with Crippen molar-refractivity contribution in [2.75, 3.05) is 13.2 Å². The first-order chi connectivity index (χ1) is 7.76. The third-order valence-electron chi connectivity index (χ3n) is 1.93. The van der Waals surface area contributed by atoms with E-state index in [2.05, 4.69) is 10.3 Å². The number of aromatic nitrogens is 1. The quantitative estimate of drug-likeness (QED) is 0.737. The Morgan fingerprint density at radius 1 is 1.56 bits per heavy atom. The van der Waals surface area contributed by atoms with E-state index in [1.54, 1.807) is 12.1 Å². The fraction of sp³-hybridized carbons (Fsp3) is 0.455. The molecule has 1 amide bonds. The van der Waals surface area contributed by atoms with Gasteiger partial charge in [0.25, 0.3) is 0 Å². The Morgan fingerprint density at radius 3 is 2.94 bits per heavy atom. The lowest BCUT2D eigenvalue weighted by Gasteiger charge is -2.06. The third kappa shape index (κ3) is 4.27. The summed E-state index contributed by atoms with van der Waals surface area (Å²) < 4.78 is 5.32. The van der Waals surface area contributed by atoms with Crippen LogP contribution in [0.4, 0.5) is 0 Å². The Morgan fingerprint density at radius 2 is 2.38 bits per heavy atom. The molecule has 0 bridgehead atoms. The fourth-order valence-corrected chi connectivity index (χ4v) is 1.14. The van der Waals surface area contributed by atoms with Crippen LogP contribution < -0.4 is 10.1 Å². The van der Waals surface area contributed by atoms with Gasteiger partial charge < -0.3 is 15.2 Å². The number of hydrogen-bond acceptors (Lipinski definition) is 4. The van der Waals surface area contributed by atoms with Crippen molar-refractivity contribution in [2.24, 2.45) is 0 Å². The number of ether oxygens (including phenoxy) is 1. The molecule has 0 fully saturated rings. The van der Waals surface area contributed by atoms with Gasteiger partial charge in [-0.1, -0.05) is 0 Å². The van der Waals surface area contributed by atoms with Crippen molar-refractivity contribution in [3.05, 3.63) is 24.0 Å². The van der Waals surface area contributed by atoms with Crippen LogP contribution >= 0.6 is 0 Å². The minimum Gasteiger partial charge on any atom is -0.491 e. The summed E-state index contributed by atoms with van der Waals surface area (Å²) in [7, 11) is 0. The molecule has 0 radical (unpaired) electrons. The van der Waals surface area contributed by atoms with Gasteiger partial charge in [-0.25, -0.2) is 0 Å². The topological polar surface area (TPSA) is 71.5 Å². The predicted octanol–water partition coefficient (Wildman–Crippen LogP) is 0.479. The number of pyridine rings is 1. The van der Waals surface area contributed by atoms with E-state index in [9.17, 15) is 4.79 Å². The number of nitrogens with zero attached hydrogens (tertiary/aromatic N) is 1. The number of carbonyl (C=O) groups is 1. The normalized spacial score (nSPS) is 9.88. The molecule has 0 unspecified atom stereocenters. The summed E-state index contributed by atoms with van der Waals surface area (Å²) in [6.45, 7) is 2.74. The van der Waals surface area contributed by atoms with Gasteiger partial charge in [-0.15, -0.1) is 0 Å². The molecule has 0 aliphatic carbocycles. The zero-order chi connectivity index (χ0) is 11.8. The Bertz CT molecular complexity index is 325. The monoisotopic (exact) mass is 224 g/mol. The molecule has 0 aromatic carbocycles. The largest absolute Gasteiger partial charge is 0.491 e. The molecule has 1 rings (SSSR count). The van der Waals surface area contributed by atoms with Gasteiger partial charge in [-0.3, -0.25) is 9.78 Å². The Hall–Kier alpha value is -1.62. The summed E-state index contributed by atoms with van der Waals surface area (Å²) in [6.07, 6.45) is 1.86. The zero-order valence-electron chi connectivity index (χ0n) is 9.27. The maximum atomic E-state index is 11.1. The standard InChI is InChI=1S/C11H16N2O3/c1-2-12-11(15)5-6-16-10-4-3-9(8-14)13-7-10/h3-4,7,14H,2,5-6,8H2,1H3,(H,12,15). The molecule has 1 heterocycles. The number of rotatable bonds is 6. The van der Waals surface area contributed by atoms with E-state index in [4.69, 9.17) is 9.84 Å². The van der Waals surface area contributed by atoms with Gasteiger partial charge in [0, 0.05) is 6.54 Å². The van der Waals surface area contributed by atoms with Crippen molar-refractivity contribution in [1.29, 1.82) is 0 Å². The van der Waals surface area contributed by atoms with Crippen molar-refractivity contribution >= 4 is 5.91 Å². The van der Waals surface area contributed by atoms with E-state index >= 15 is 0 Å². The van der Waals surface area contributed by atoms with Crippen LogP contribution in [0.15, 0.2) is 18.3 Å². The van der Waals surface area contributed by atoms with Gasteiger partial charge >= 0.3 is 0 Å². The molecule has 88 valence electrons. The number of aliphatic hydroxyl groups excluding tert-OH is 1. The minimum atomic E-state index is -0.0841. The van der Waals surface area contributed by atoms with Crippen LogP contribution in [0.2, 0.25) is 0 Å². The third-order valence-corrected chi connectivity index (χ3v) is 1.93. The Balaban J connectivity index is 2.29. The predicted molar refractivity (Wildman–Crippen MR) is 59.0 cm³/mol. The van der Waals surface area contributed by atoms with Crippen LogP contribution in [0.3, 0.4) is 0 Å². The highest BCUT2D eigenvalue weighted by atomic mass is 16.5. The lowest BCUT2D eigenvalue weighted by molar-refractivity contribution is -0.121. The van der Waals surface area contributed by atoms with Crippen molar-refractivity contribution in [3.63, 3.8) is 0 Å². The second-order valence-corrected chi connectivity index (χ2v) is 3.20. The van der Waals surface area contributed by atoms with Gasteiger partial charge in [0.2, 0.25) is 5.91 Å². The molecule has 1 aromatic heterocycles. The first kappa shape index (κ1) is 12.4. The van der Waals surface area contributed by atoms with Gasteiger partial charge in [0.15, 0.2) is 0 Å². The van der Waals surface area contributed by atoms with E-state index in [1.807, 2.05) is 6.92 Å². The Kier molecular flexibility index (Phi) is 5.28. The summed E-state index contributed by atoms with van der Waals surface area (Å²) in [4.78, 5) is 15.0. The minimum absolute atomic E-state index is 0.0255. The van der Waals surface area contributed by atoms with Gasteiger partial charge in [0.05, 0.1) is 31.5 Å². The van der Waals surface area contributed by atoms with E-state index in [0.29, 0.717) is 31.0 Å². The first-order valence-electron chi connectivity index (χ1n) is 5.21. The molecule has 0 saturated carbocycles. The average Bonchev–Trinajstić information content (AvgIpc) is 2.30. The number of hydrogen-bond donors (Lipinski definition) is 2. The summed E-state index contributed by atoms with van der Waals surface area (Å²) in [6, 6.07) is 3.40. The van der Waals surface area contributed by atoms with E-state index in [1.165, 1.54) is 6.20 Å². The van der Waals surface area contributed by atoms with Gasteiger partial charge in [-0.05, 0) is 19.1 Å². The zero-order valence-corrected chi connectivity index (χ0v) is 9.27. The molecule has 16 heavy (non-hydrogen) atoms. The molecular formula is C11H16N2O3. The summed E-state index contributed by atoms with van der Waals surface area (Å²) in [5, 5.41) is 11.5. The first-order valence-corrected chi connectivity index (χ1v) is 5.21. The van der Waals surface area contributed by atoms with Crippen LogP contribution in [-0.2, 0) is 11.4 Å². The number of nitrogens with one attached hydrogen (secondary N) is 1. The second kappa shape index (κ2) is 6.79. The van der Waals surface area contributed by atoms with Crippen molar-refractivity contribution in [1.82, 2.24) is 10.3 Å². The summed E-state index contributed by atoms with van der Waals surface area (Å²) in [5.41, 5.74) is 0.594. The van der Waals surface area contributed by atoms with Crippen LogP contribution in [0, 0.1) is 0 Å². The Labute approximate surface area is 94.5 Å². The maximum Gasteiger partial charge on any atom is 0.223 e. The maximum absolute atomic E-state index is 11.1. The van der Waals surface area contributed by atoms with E-state index < -0.39 is 0 Å². The molecule has 0 aliphatic heterocycles. The SMILES string of the molecule is CCNC(=O)CCOc1ccc(CO)nc1. The molecule has 0 spiro atoms. The van der Waals surface area contributed by atoms with E-state index in [0.717, 1.165) is 0 Å². The number of amides is 1. The van der Waals surface area contributed by atoms with Crippen LogP contribution in [0.25, 0.3) is 0 Å². The summed E-state index contributed by atoms with van der Waals surface area (Å²) >= 11 is 0. The lowest BCUT2D eigenvalue weighted by Crippen LogP contribution is -2.24. The van der Waals surface area contributed by atoms with Gasteiger partial charge in [-0.2, -0.15) is 0 Å². The number of aliphatic hydroxyl groups is 1. The summed E-state index contributed by atoms with van der Waals surface area (Å²) in [5.74, 6) is 0.573. The smallest absolute Gasteiger partial charge is 0.223 e. The molecule has 0 atom stereocenters. The van der Waals surface area contributed by atoms with Crippen LogP contribution in [0.5, 0.6) is 5.75 Å². The highest BCUT2D eigenvalue weighted by Crippen LogP contribution is 2.09. The second-order valence-electron chi connectivity index (χ2n) is 3.20.